The number of rotatable bonds is 6. The molecule has 1 rings (SSSR count). The van der Waals surface area contributed by atoms with Gasteiger partial charge in [-0.05, 0) is 24.3 Å². The van der Waals surface area contributed by atoms with E-state index in [0.29, 0.717) is 5.88 Å². The molecule has 1 aliphatic carbocycles. The second kappa shape index (κ2) is 6.55. The molecule has 0 aliphatic heterocycles. The quantitative estimate of drug-likeness (QED) is 0.496. The van der Waals surface area contributed by atoms with E-state index in [2.05, 4.69) is 25.3 Å². The molecular formula is C13H24ClN. The Morgan fingerprint density at radius 2 is 2.00 bits per heavy atom. The SMILES string of the molecule is C=C(CCl)CN(CC(C)C)C1CCCC1. The van der Waals surface area contributed by atoms with E-state index in [4.69, 9.17) is 11.6 Å². The van der Waals surface area contributed by atoms with Gasteiger partial charge in [0.15, 0.2) is 0 Å². The Labute approximate surface area is 99.5 Å². The fourth-order valence-corrected chi connectivity index (χ4v) is 2.50. The molecule has 0 saturated heterocycles. The zero-order chi connectivity index (χ0) is 11.3. The van der Waals surface area contributed by atoms with E-state index in [9.17, 15) is 0 Å². The highest BCUT2D eigenvalue weighted by Gasteiger charge is 2.23. The van der Waals surface area contributed by atoms with Crippen LogP contribution in [0.4, 0.5) is 0 Å². The number of nitrogens with zero attached hydrogens (tertiary/aromatic N) is 1. The average Bonchev–Trinajstić information content (AvgIpc) is 2.68. The maximum absolute atomic E-state index is 5.81. The summed E-state index contributed by atoms with van der Waals surface area (Å²) in [5.74, 6) is 1.33. The Kier molecular flexibility index (Phi) is 5.70. The zero-order valence-corrected chi connectivity index (χ0v) is 10.9. The minimum atomic E-state index is 0.599. The van der Waals surface area contributed by atoms with Crippen LogP contribution in [0.2, 0.25) is 0 Å². The van der Waals surface area contributed by atoms with Gasteiger partial charge in [-0.15, -0.1) is 11.6 Å². The van der Waals surface area contributed by atoms with Gasteiger partial charge in [0.25, 0.3) is 0 Å². The molecule has 0 aromatic carbocycles. The Bertz CT molecular complexity index is 195. The van der Waals surface area contributed by atoms with E-state index >= 15 is 0 Å². The molecule has 1 nitrogen and oxygen atoms in total. The third-order valence-electron chi connectivity index (χ3n) is 3.06. The molecule has 0 aromatic heterocycles. The second-order valence-corrected chi connectivity index (χ2v) is 5.41. The Balaban J connectivity index is 2.47. The summed E-state index contributed by atoms with van der Waals surface area (Å²) in [5, 5.41) is 0. The first kappa shape index (κ1) is 13.1. The normalized spacial score (nSPS) is 17.9. The van der Waals surface area contributed by atoms with Crippen LogP contribution in [-0.2, 0) is 0 Å². The predicted octanol–water partition coefficient (Wildman–Crippen LogP) is 3.68. The molecule has 2 heteroatoms. The van der Waals surface area contributed by atoms with E-state index in [1.165, 1.54) is 32.2 Å². The molecule has 0 N–H and O–H groups in total. The Hall–Kier alpha value is -0.0100. The maximum Gasteiger partial charge on any atom is 0.0443 e. The largest absolute Gasteiger partial charge is 0.296 e. The van der Waals surface area contributed by atoms with Crippen molar-refractivity contribution < 1.29 is 0 Å². The van der Waals surface area contributed by atoms with Crippen LogP contribution < -0.4 is 0 Å². The van der Waals surface area contributed by atoms with Crippen LogP contribution >= 0.6 is 11.6 Å². The first-order chi connectivity index (χ1) is 7.13. The van der Waals surface area contributed by atoms with Crippen LogP contribution in [0, 0.1) is 5.92 Å². The predicted molar refractivity (Wildman–Crippen MR) is 68.5 cm³/mol. The average molecular weight is 230 g/mol. The van der Waals surface area contributed by atoms with Crippen molar-refractivity contribution in [2.75, 3.05) is 19.0 Å². The molecule has 88 valence electrons. The third kappa shape index (κ3) is 4.56. The molecule has 0 amide bonds. The van der Waals surface area contributed by atoms with Crippen molar-refractivity contribution >= 4 is 11.6 Å². The molecule has 0 spiro atoms. The molecule has 1 fully saturated rings. The van der Waals surface area contributed by atoms with Crippen molar-refractivity contribution in [3.63, 3.8) is 0 Å². The Morgan fingerprint density at radius 1 is 1.40 bits per heavy atom. The van der Waals surface area contributed by atoms with Crippen LogP contribution in [-0.4, -0.2) is 29.9 Å². The van der Waals surface area contributed by atoms with Gasteiger partial charge in [0.1, 0.15) is 0 Å². The van der Waals surface area contributed by atoms with Crippen molar-refractivity contribution in [3.8, 4) is 0 Å². The lowest BCUT2D eigenvalue weighted by atomic mass is 10.1. The molecule has 1 saturated carbocycles. The first-order valence-electron chi connectivity index (χ1n) is 6.10. The standard InChI is InChI=1S/C13H24ClN/c1-11(2)9-15(10-12(3)8-14)13-6-4-5-7-13/h11,13H,3-10H2,1-2H3. The lowest BCUT2D eigenvalue weighted by molar-refractivity contribution is 0.193. The topological polar surface area (TPSA) is 3.24 Å². The van der Waals surface area contributed by atoms with Gasteiger partial charge in [-0.25, -0.2) is 0 Å². The minimum absolute atomic E-state index is 0.599. The summed E-state index contributed by atoms with van der Waals surface area (Å²) in [5.41, 5.74) is 1.16. The van der Waals surface area contributed by atoms with Gasteiger partial charge in [0.05, 0.1) is 0 Å². The third-order valence-corrected chi connectivity index (χ3v) is 3.43. The summed E-state index contributed by atoms with van der Waals surface area (Å²) in [4.78, 5) is 2.59. The summed E-state index contributed by atoms with van der Waals surface area (Å²) < 4.78 is 0. The van der Waals surface area contributed by atoms with Gasteiger partial charge >= 0.3 is 0 Å². The van der Waals surface area contributed by atoms with Crippen molar-refractivity contribution in [1.82, 2.24) is 4.90 Å². The molecule has 0 bridgehead atoms. The molecule has 0 radical (unpaired) electrons. The minimum Gasteiger partial charge on any atom is -0.296 e. The van der Waals surface area contributed by atoms with Gasteiger partial charge in [-0.1, -0.05) is 33.3 Å². The lowest BCUT2D eigenvalue weighted by Crippen LogP contribution is -2.37. The fraction of sp³-hybridized carbons (Fsp3) is 0.846. The zero-order valence-electron chi connectivity index (χ0n) is 10.1. The summed E-state index contributed by atoms with van der Waals surface area (Å²) in [6.45, 7) is 10.8. The van der Waals surface area contributed by atoms with E-state index in [1.54, 1.807) is 0 Å². The smallest absolute Gasteiger partial charge is 0.0443 e. The van der Waals surface area contributed by atoms with Gasteiger partial charge in [0, 0.05) is 25.0 Å². The molecular weight excluding hydrogens is 206 g/mol. The molecule has 0 atom stereocenters. The van der Waals surface area contributed by atoms with Crippen molar-refractivity contribution in [2.24, 2.45) is 5.92 Å². The van der Waals surface area contributed by atoms with E-state index in [0.717, 1.165) is 24.1 Å². The van der Waals surface area contributed by atoms with Gasteiger partial charge < -0.3 is 0 Å². The molecule has 0 aromatic rings. The van der Waals surface area contributed by atoms with Crippen LogP contribution in [0.5, 0.6) is 0 Å². The van der Waals surface area contributed by atoms with Crippen LogP contribution in [0.25, 0.3) is 0 Å². The Morgan fingerprint density at radius 3 is 2.47 bits per heavy atom. The highest BCUT2D eigenvalue weighted by molar-refractivity contribution is 6.19. The maximum atomic E-state index is 5.81. The van der Waals surface area contributed by atoms with Crippen molar-refractivity contribution in [2.45, 2.75) is 45.6 Å². The van der Waals surface area contributed by atoms with Crippen LogP contribution in [0.15, 0.2) is 12.2 Å². The summed E-state index contributed by atoms with van der Waals surface area (Å²) in [7, 11) is 0. The van der Waals surface area contributed by atoms with Gasteiger partial charge in [0.2, 0.25) is 0 Å². The summed E-state index contributed by atoms with van der Waals surface area (Å²) in [6, 6.07) is 0.785. The van der Waals surface area contributed by atoms with Crippen molar-refractivity contribution in [1.29, 1.82) is 0 Å². The van der Waals surface area contributed by atoms with E-state index < -0.39 is 0 Å². The van der Waals surface area contributed by atoms with Gasteiger partial charge in [-0.2, -0.15) is 0 Å². The van der Waals surface area contributed by atoms with E-state index in [-0.39, 0.29) is 0 Å². The fourth-order valence-electron chi connectivity index (χ4n) is 2.41. The first-order valence-corrected chi connectivity index (χ1v) is 6.63. The monoisotopic (exact) mass is 229 g/mol. The number of hydrogen-bond donors (Lipinski definition) is 0. The van der Waals surface area contributed by atoms with Crippen molar-refractivity contribution in [3.05, 3.63) is 12.2 Å². The molecule has 15 heavy (non-hydrogen) atoms. The molecule has 0 heterocycles. The molecule has 0 unspecified atom stereocenters. The number of hydrogen-bond acceptors (Lipinski definition) is 1. The van der Waals surface area contributed by atoms with Crippen LogP contribution in [0.1, 0.15) is 39.5 Å². The van der Waals surface area contributed by atoms with Gasteiger partial charge in [-0.3, -0.25) is 4.90 Å². The highest BCUT2D eigenvalue weighted by atomic mass is 35.5. The lowest BCUT2D eigenvalue weighted by Gasteiger charge is -2.30. The number of alkyl halides is 1. The second-order valence-electron chi connectivity index (χ2n) is 5.15. The molecule has 1 aliphatic rings. The van der Waals surface area contributed by atoms with Crippen LogP contribution in [0.3, 0.4) is 0 Å². The summed E-state index contributed by atoms with van der Waals surface area (Å²) in [6.07, 6.45) is 5.52. The van der Waals surface area contributed by atoms with E-state index in [1.807, 2.05) is 0 Å². The highest BCUT2D eigenvalue weighted by Crippen LogP contribution is 2.24. The summed E-state index contributed by atoms with van der Waals surface area (Å²) >= 11 is 5.81. The number of halogens is 1.